The molecule has 4 nitrogen and oxygen atoms in total. The van der Waals surface area contributed by atoms with Crippen LogP contribution in [-0.4, -0.2) is 39.3 Å². The molecule has 1 aromatic rings. The Morgan fingerprint density at radius 2 is 2.25 bits per heavy atom. The number of hydrogen-bond donors (Lipinski definition) is 1. The molecule has 0 aliphatic carbocycles. The molecule has 0 saturated carbocycles. The molecular weight excluding hydrogens is 202 g/mol. The van der Waals surface area contributed by atoms with Crippen LogP contribution in [0.1, 0.15) is 11.1 Å². The normalized spacial score (nSPS) is 10.5. The molecule has 0 unspecified atom stereocenters. The lowest BCUT2D eigenvalue weighted by Crippen LogP contribution is -2.24. The predicted molar refractivity (Wildman–Crippen MR) is 66.9 cm³/mol. The van der Waals surface area contributed by atoms with Gasteiger partial charge in [-0.25, -0.2) is 4.98 Å². The zero-order valence-electron chi connectivity index (χ0n) is 10.6. The summed E-state index contributed by atoms with van der Waals surface area (Å²) in [6.07, 6.45) is 1.92. The fourth-order valence-corrected chi connectivity index (χ4v) is 1.66. The van der Waals surface area contributed by atoms with Crippen molar-refractivity contribution in [2.45, 2.75) is 13.5 Å². The van der Waals surface area contributed by atoms with Crippen LogP contribution in [0.4, 0.5) is 5.82 Å². The van der Waals surface area contributed by atoms with Crippen molar-refractivity contribution >= 4 is 5.82 Å². The van der Waals surface area contributed by atoms with Gasteiger partial charge in [-0.3, -0.25) is 0 Å². The molecule has 4 heteroatoms. The van der Waals surface area contributed by atoms with Gasteiger partial charge in [0.05, 0.1) is 6.61 Å². The molecule has 0 atom stereocenters. The quantitative estimate of drug-likeness (QED) is 0.786. The molecular formula is C12H21N3O. The third-order valence-electron chi connectivity index (χ3n) is 2.48. The summed E-state index contributed by atoms with van der Waals surface area (Å²) in [4.78, 5) is 6.59. The molecule has 0 radical (unpaired) electrons. The topological polar surface area (TPSA) is 37.4 Å². The van der Waals surface area contributed by atoms with E-state index in [1.54, 1.807) is 7.11 Å². The van der Waals surface area contributed by atoms with Crippen molar-refractivity contribution < 1.29 is 4.74 Å². The highest BCUT2D eigenvalue weighted by Crippen LogP contribution is 2.16. The van der Waals surface area contributed by atoms with Gasteiger partial charge in [-0.2, -0.15) is 0 Å². The standard InChI is InChI=1S/C12H21N3O/c1-10-7-11(8-13-2)9-14-12(10)15(3)5-6-16-4/h7,9,13H,5-6,8H2,1-4H3. The second-order valence-corrected chi connectivity index (χ2v) is 3.93. The van der Waals surface area contributed by atoms with Crippen molar-refractivity contribution in [3.8, 4) is 0 Å². The highest BCUT2D eigenvalue weighted by Gasteiger charge is 2.06. The van der Waals surface area contributed by atoms with E-state index in [2.05, 4.69) is 28.2 Å². The van der Waals surface area contributed by atoms with Gasteiger partial charge in [0.25, 0.3) is 0 Å². The second-order valence-electron chi connectivity index (χ2n) is 3.93. The third kappa shape index (κ3) is 3.47. The smallest absolute Gasteiger partial charge is 0.131 e. The number of nitrogens with zero attached hydrogens (tertiary/aromatic N) is 2. The number of aromatic nitrogens is 1. The van der Waals surface area contributed by atoms with E-state index < -0.39 is 0 Å². The summed E-state index contributed by atoms with van der Waals surface area (Å²) in [6, 6.07) is 2.17. The maximum absolute atomic E-state index is 5.06. The van der Waals surface area contributed by atoms with Gasteiger partial charge < -0.3 is 15.0 Å². The molecule has 1 aromatic heterocycles. The number of ether oxygens (including phenoxy) is 1. The fraction of sp³-hybridized carbons (Fsp3) is 0.583. The van der Waals surface area contributed by atoms with Crippen LogP contribution in [0.3, 0.4) is 0 Å². The van der Waals surface area contributed by atoms with E-state index in [1.807, 2.05) is 20.3 Å². The minimum Gasteiger partial charge on any atom is -0.383 e. The lowest BCUT2D eigenvalue weighted by Gasteiger charge is -2.20. The van der Waals surface area contributed by atoms with Gasteiger partial charge in [-0.1, -0.05) is 0 Å². The Balaban J connectivity index is 2.73. The summed E-state index contributed by atoms with van der Waals surface area (Å²) in [5.41, 5.74) is 2.41. The Kier molecular flexibility index (Phi) is 5.22. The molecule has 1 heterocycles. The van der Waals surface area contributed by atoms with Crippen molar-refractivity contribution in [2.24, 2.45) is 0 Å². The highest BCUT2D eigenvalue weighted by atomic mass is 16.5. The first-order valence-electron chi connectivity index (χ1n) is 5.49. The fourth-order valence-electron chi connectivity index (χ4n) is 1.66. The van der Waals surface area contributed by atoms with Crippen molar-refractivity contribution in [3.05, 3.63) is 23.4 Å². The number of aryl methyl sites for hydroxylation is 1. The average molecular weight is 223 g/mol. The Hall–Kier alpha value is -1.13. The summed E-state index contributed by atoms with van der Waals surface area (Å²) in [6.45, 7) is 4.52. The maximum atomic E-state index is 5.06. The van der Waals surface area contributed by atoms with Gasteiger partial charge in [-0.15, -0.1) is 0 Å². The molecule has 90 valence electrons. The van der Waals surface area contributed by atoms with Crippen LogP contribution in [0.2, 0.25) is 0 Å². The molecule has 1 N–H and O–H groups in total. The molecule has 0 aliphatic heterocycles. The third-order valence-corrected chi connectivity index (χ3v) is 2.48. The van der Waals surface area contributed by atoms with Crippen LogP contribution in [0.25, 0.3) is 0 Å². The summed E-state index contributed by atoms with van der Waals surface area (Å²) in [5, 5.41) is 3.12. The first-order chi connectivity index (χ1) is 7.69. The molecule has 0 spiro atoms. The van der Waals surface area contributed by atoms with Crippen LogP contribution >= 0.6 is 0 Å². The first kappa shape index (κ1) is 12.9. The molecule has 0 fully saturated rings. The number of likely N-dealkylation sites (N-methyl/N-ethyl adjacent to an activating group) is 1. The van der Waals surface area contributed by atoms with Gasteiger partial charge in [0, 0.05) is 33.4 Å². The number of hydrogen-bond acceptors (Lipinski definition) is 4. The van der Waals surface area contributed by atoms with E-state index in [0.29, 0.717) is 0 Å². The lowest BCUT2D eigenvalue weighted by atomic mass is 10.2. The van der Waals surface area contributed by atoms with Crippen LogP contribution < -0.4 is 10.2 Å². The number of anilines is 1. The largest absolute Gasteiger partial charge is 0.383 e. The van der Waals surface area contributed by atoms with Crippen molar-refractivity contribution in [1.29, 1.82) is 0 Å². The molecule has 0 aromatic carbocycles. The number of pyridine rings is 1. The number of rotatable bonds is 6. The van der Waals surface area contributed by atoms with Crippen molar-refractivity contribution in [3.63, 3.8) is 0 Å². The van der Waals surface area contributed by atoms with E-state index in [-0.39, 0.29) is 0 Å². The summed E-state index contributed by atoms with van der Waals surface area (Å²) in [7, 11) is 5.68. The highest BCUT2D eigenvalue weighted by molar-refractivity contribution is 5.46. The summed E-state index contributed by atoms with van der Waals surface area (Å²) < 4.78 is 5.06. The Bertz CT molecular complexity index is 328. The summed E-state index contributed by atoms with van der Waals surface area (Å²) >= 11 is 0. The second kappa shape index (κ2) is 6.45. The average Bonchev–Trinajstić information content (AvgIpc) is 2.26. The molecule has 0 bridgehead atoms. The number of methoxy groups -OCH3 is 1. The van der Waals surface area contributed by atoms with Crippen LogP contribution in [0.15, 0.2) is 12.3 Å². The summed E-state index contributed by atoms with van der Waals surface area (Å²) in [5.74, 6) is 1.02. The molecule has 0 saturated heterocycles. The van der Waals surface area contributed by atoms with Crippen LogP contribution in [0.5, 0.6) is 0 Å². The van der Waals surface area contributed by atoms with Gasteiger partial charge in [-0.05, 0) is 31.2 Å². The van der Waals surface area contributed by atoms with Gasteiger partial charge in [0.15, 0.2) is 0 Å². The van der Waals surface area contributed by atoms with E-state index in [0.717, 1.165) is 25.5 Å². The Morgan fingerprint density at radius 1 is 1.50 bits per heavy atom. The Labute approximate surface area is 97.6 Å². The van der Waals surface area contributed by atoms with E-state index in [1.165, 1.54) is 11.1 Å². The zero-order valence-corrected chi connectivity index (χ0v) is 10.6. The zero-order chi connectivity index (χ0) is 12.0. The van der Waals surface area contributed by atoms with E-state index in [4.69, 9.17) is 4.74 Å². The predicted octanol–water partition coefficient (Wildman–Crippen LogP) is 1.19. The van der Waals surface area contributed by atoms with E-state index in [9.17, 15) is 0 Å². The lowest BCUT2D eigenvalue weighted by molar-refractivity contribution is 0.206. The van der Waals surface area contributed by atoms with Crippen molar-refractivity contribution in [2.75, 3.05) is 39.3 Å². The molecule has 0 amide bonds. The first-order valence-corrected chi connectivity index (χ1v) is 5.49. The minimum atomic E-state index is 0.718. The molecule has 1 rings (SSSR count). The van der Waals surface area contributed by atoms with Gasteiger partial charge in [0.1, 0.15) is 5.82 Å². The monoisotopic (exact) mass is 223 g/mol. The SMILES string of the molecule is CNCc1cnc(N(C)CCOC)c(C)c1. The van der Waals surface area contributed by atoms with Crippen LogP contribution in [0, 0.1) is 6.92 Å². The molecule has 0 aliphatic rings. The van der Waals surface area contributed by atoms with Crippen molar-refractivity contribution in [1.82, 2.24) is 10.3 Å². The minimum absolute atomic E-state index is 0.718. The number of nitrogens with one attached hydrogen (secondary N) is 1. The van der Waals surface area contributed by atoms with Gasteiger partial charge in [0.2, 0.25) is 0 Å². The van der Waals surface area contributed by atoms with Crippen LogP contribution in [-0.2, 0) is 11.3 Å². The van der Waals surface area contributed by atoms with E-state index >= 15 is 0 Å². The van der Waals surface area contributed by atoms with Gasteiger partial charge >= 0.3 is 0 Å². The Morgan fingerprint density at radius 3 is 2.81 bits per heavy atom. The maximum Gasteiger partial charge on any atom is 0.131 e. The molecule has 16 heavy (non-hydrogen) atoms.